The molecule has 1 saturated heterocycles. The molecule has 0 saturated carbocycles. The van der Waals surface area contributed by atoms with Crippen LogP contribution in [0.5, 0.6) is 0 Å². The number of methoxy groups -OCH3 is 1. The van der Waals surface area contributed by atoms with E-state index in [0.29, 0.717) is 6.07 Å². The van der Waals surface area contributed by atoms with Crippen molar-refractivity contribution in [3.8, 4) is 6.07 Å². The molecule has 0 atom stereocenters. The van der Waals surface area contributed by atoms with Crippen molar-refractivity contribution in [3.05, 3.63) is 53.1 Å². The fourth-order valence-electron chi connectivity index (χ4n) is 3.42. The summed E-state index contributed by atoms with van der Waals surface area (Å²) in [4.78, 5) is 30.7. The quantitative estimate of drug-likeness (QED) is 0.362. The lowest BCUT2D eigenvalue weighted by molar-refractivity contribution is -0.138. The molecule has 1 aromatic carbocycles. The second-order valence-electron chi connectivity index (χ2n) is 7.38. The summed E-state index contributed by atoms with van der Waals surface area (Å²) >= 11 is 5.41. The van der Waals surface area contributed by atoms with Gasteiger partial charge < -0.3 is 15.0 Å². The molecular weight excluding hydrogens is 490 g/mol. The monoisotopic (exact) mass is 509 g/mol. The number of anilines is 2. The molecule has 0 radical (unpaired) electrons. The SMILES string of the molecule is COCCNC(=O)c1ccc(N2CCCC(=O)N(c3cnc(C#N)c(C(F)(F)F)c3)C2=S)cc1F. The van der Waals surface area contributed by atoms with Gasteiger partial charge in [-0.1, -0.05) is 0 Å². The Labute approximate surface area is 203 Å². The van der Waals surface area contributed by atoms with Crippen LogP contribution in [-0.2, 0) is 15.7 Å². The zero-order valence-electron chi connectivity index (χ0n) is 18.4. The fourth-order valence-corrected chi connectivity index (χ4v) is 3.82. The van der Waals surface area contributed by atoms with Crippen molar-refractivity contribution in [1.82, 2.24) is 10.3 Å². The fraction of sp³-hybridized carbons (Fsp3) is 0.318. The maximum Gasteiger partial charge on any atom is 0.419 e. The third-order valence-corrected chi connectivity index (χ3v) is 5.49. The van der Waals surface area contributed by atoms with E-state index < -0.39 is 35.1 Å². The van der Waals surface area contributed by atoms with Gasteiger partial charge in [-0.25, -0.2) is 9.37 Å². The molecule has 13 heteroatoms. The van der Waals surface area contributed by atoms with Gasteiger partial charge in [-0.3, -0.25) is 14.5 Å². The van der Waals surface area contributed by atoms with Crippen LogP contribution in [0.1, 0.15) is 34.5 Å². The first-order valence-electron chi connectivity index (χ1n) is 10.3. The van der Waals surface area contributed by atoms with Crippen LogP contribution in [0.25, 0.3) is 0 Å². The Kier molecular flexibility index (Phi) is 7.98. The summed E-state index contributed by atoms with van der Waals surface area (Å²) in [6.07, 6.45) is -3.69. The Morgan fingerprint density at radius 1 is 1.31 bits per heavy atom. The Balaban J connectivity index is 1.95. The molecule has 2 aromatic rings. The van der Waals surface area contributed by atoms with Gasteiger partial charge >= 0.3 is 6.18 Å². The molecule has 2 heterocycles. The van der Waals surface area contributed by atoms with Gasteiger partial charge in [-0.2, -0.15) is 18.4 Å². The molecule has 35 heavy (non-hydrogen) atoms. The van der Waals surface area contributed by atoms with Gasteiger partial charge in [-0.15, -0.1) is 0 Å². The van der Waals surface area contributed by atoms with E-state index in [4.69, 9.17) is 22.2 Å². The topological polar surface area (TPSA) is 98.6 Å². The first kappa shape index (κ1) is 26.0. The van der Waals surface area contributed by atoms with Gasteiger partial charge in [-0.05, 0) is 42.9 Å². The van der Waals surface area contributed by atoms with E-state index in [2.05, 4.69) is 10.3 Å². The van der Waals surface area contributed by atoms with E-state index in [-0.39, 0.29) is 54.6 Å². The van der Waals surface area contributed by atoms with Gasteiger partial charge in [0.25, 0.3) is 5.91 Å². The number of hydrogen-bond acceptors (Lipinski definition) is 6. The van der Waals surface area contributed by atoms with E-state index >= 15 is 0 Å². The van der Waals surface area contributed by atoms with E-state index in [1.54, 1.807) is 0 Å². The maximum atomic E-state index is 14.7. The maximum absolute atomic E-state index is 14.7. The molecular formula is C22H19F4N5O3S. The van der Waals surface area contributed by atoms with Crippen LogP contribution in [0.15, 0.2) is 30.5 Å². The summed E-state index contributed by atoms with van der Waals surface area (Å²) in [5.41, 5.74) is -2.43. The smallest absolute Gasteiger partial charge is 0.383 e. The summed E-state index contributed by atoms with van der Waals surface area (Å²) in [6.45, 7) is 0.607. The first-order chi connectivity index (χ1) is 16.6. The lowest BCUT2D eigenvalue weighted by atomic mass is 10.1. The second kappa shape index (κ2) is 10.7. The average molecular weight is 509 g/mol. The normalized spacial score (nSPS) is 14.5. The molecule has 0 unspecified atom stereocenters. The van der Waals surface area contributed by atoms with Crippen molar-refractivity contribution in [2.24, 2.45) is 0 Å². The van der Waals surface area contributed by atoms with Crippen molar-refractivity contribution in [2.45, 2.75) is 19.0 Å². The summed E-state index contributed by atoms with van der Waals surface area (Å²) in [6, 6.07) is 5.74. The predicted octanol–water partition coefficient (Wildman–Crippen LogP) is 3.41. The third-order valence-electron chi connectivity index (χ3n) is 5.09. The number of hydrogen-bond donors (Lipinski definition) is 1. The summed E-state index contributed by atoms with van der Waals surface area (Å²) < 4.78 is 59.9. The number of aromatic nitrogens is 1. The van der Waals surface area contributed by atoms with Crippen molar-refractivity contribution in [1.29, 1.82) is 5.26 Å². The molecule has 184 valence electrons. The molecule has 0 spiro atoms. The molecule has 2 amide bonds. The highest BCUT2D eigenvalue weighted by molar-refractivity contribution is 7.81. The number of alkyl halides is 3. The number of ether oxygens (including phenoxy) is 1. The molecule has 1 aromatic heterocycles. The van der Waals surface area contributed by atoms with Crippen molar-refractivity contribution in [2.75, 3.05) is 36.6 Å². The number of thiocarbonyl (C=S) groups is 1. The number of rotatable bonds is 6. The zero-order valence-corrected chi connectivity index (χ0v) is 19.2. The van der Waals surface area contributed by atoms with Crippen LogP contribution in [-0.4, -0.2) is 48.7 Å². The number of benzene rings is 1. The minimum Gasteiger partial charge on any atom is -0.383 e. The van der Waals surface area contributed by atoms with Crippen molar-refractivity contribution in [3.63, 3.8) is 0 Å². The Morgan fingerprint density at radius 3 is 2.69 bits per heavy atom. The molecule has 0 bridgehead atoms. The number of nitriles is 1. The van der Waals surface area contributed by atoms with Crippen LogP contribution in [0, 0.1) is 17.1 Å². The van der Waals surface area contributed by atoms with Crippen LogP contribution in [0.4, 0.5) is 28.9 Å². The highest BCUT2D eigenvalue weighted by Crippen LogP contribution is 2.34. The van der Waals surface area contributed by atoms with Crippen LogP contribution >= 0.6 is 12.2 Å². The van der Waals surface area contributed by atoms with Crippen LogP contribution in [0.3, 0.4) is 0 Å². The minimum atomic E-state index is -4.88. The standard InChI is InChI=1S/C22H19F4N5O3S/c1-34-8-6-28-20(33)15-5-4-13(10-17(15)23)30-7-2-3-19(32)31(21(30)35)14-9-16(22(24,25)26)18(11-27)29-12-14/h4-5,9-10,12H,2-3,6-8H2,1H3,(H,28,33). The largest absolute Gasteiger partial charge is 0.419 e. The number of nitrogens with one attached hydrogen (secondary N) is 1. The number of pyridine rings is 1. The van der Waals surface area contributed by atoms with Gasteiger partial charge in [0.05, 0.1) is 29.6 Å². The lowest BCUT2D eigenvalue weighted by Crippen LogP contribution is -2.44. The van der Waals surface area contributed by atoms with E-state index in [1.807, 2.05) is 0 Å². The molecule has 3 rings (SSSR count). The van der Waals surface area contributed by atoms with Gasteiger partial charge in [0.1, 0.15) is 11.9 Å². The van der Waals surface area contributed by atoms with Gasteiger partial charge in [0.15, 0.2) is 10.8 Å². The number of halogens is 4. The first-order valence-corrected chi connectivity index (χ1v) is 10.7. The highest BCUT2D eigenvalue weighted by Gasteiger charge is 2.37. The summed E-state index contributed by atoms with van der Waals surface area (Å²) in [5, 5.41) is 11.3. The zero-order chi connectivity index (χ0) is 25.8. The predicted molar refractivity (Wildman–Crippen MR) is 121 cm³/mol. The second-order valence-corrected chi connectivity index (χ2v) is 7.74. The third kappa shape index (κ3) is 5.72. The molecule has 1 aliphatic rings. The number of amides is 2. The lowest BCUT2D eigenvalue weighted by Gasteiger charge is -2.30. The van der Waals surface area contributed by atoms with Crippen molar-refractivity contribution >= 4 is 40.5 Å². The summed E-state index contributed by atoms with van der Waals surface area (Å²) in [5.74, 6) is -2.07. The van der Waals surface area contributed by atoms with Crippen molar-refractivity contribution < 1.29 is 31.9 Å². The Morgan fingerprint density at radius 2 is 2.06 bits per heavy atom. The summed E-state index contributed by atoms with van der Waals surface area (Å²) in [7, 11) is 1.46. The van der Waals surface area contributed by atoms with Gasteiger partial charge in [0.2, 0.25) is 5.91 Å². The van der Waals surface area contributed by atoms with E-state index in [1.165, 1.54) is 30.2 Å². The molecule has 8 nitrogen and oxygen atoms in total. The average Bonchev–Trinajstić information content (AvgIpc) is 2.95. The number of nitrogens with zero attached hydrogens (tertiary/aromatic N) is 4. The van der Waals surface area contributed by atoms with Crippen LogP contribution < -0.4 is 15.1 Å². The number of carbonyl (C=O) groups excluding carboxylic acids is 2. The van der Waals surface area contributed by atoms with Gasteiger partial charge in [0, 0.05) is 32.3 Å². The number of carbonyl (C=O) groups is 2. The molecule has 1 aliphatic heterocycles. The van der Waals surface area contributed by atoms with E-state index in [9.17, 15) is 27.2 Å². The highest BCUT2D eigenvalue weighted by atomic mass is 32.1. The molecule has 0 aliphatic carbocycles. The molecule has 1 N–H and O–H groups in total. The minimum absolute atomic E-state index is 0.0412. The molecule has 1 fully saturated rings. The Bertz CT molecular complexity index is 1200. The van der Waals surface area contributed by atoms with Crippen LogP contribution in [0.2, 0.25) is 0 Å². The Hall–Kier alpha value is -3.63. The van der Waals surface area contributed by atoms with E-state index in [0.717, 1.165) is 17.2 Å².